The van der Waals surface area contributed by atoms with Crippen LogP contribution in [0.25, 0.3) is 11.5 Å². The number of ether oxygens (including phenoxy) is 2. The van der Waals surface area contributed by atoms with E-state index < -0.39 is 0 Å². The number of phenolic OH excluding ortho intramolecular Hbond substituents is 1. The molecule has 0 aliphatic carbocycles. The average molecular weight is 276 g/mol. The number of rotatable bonds is 4. The lowest BCUT2D eigenvalue weighted by molar-refractivity contribution is 0.109. The summed E-state index contributed by atoms with van der Waals surface area (Å²) >= 11 is 0. The smallest absolute Gasteiger partial charge is 0.258 e. The summed E-state index contributed by atoms with van der Waals surface area (Å²) in [5, 5.41) is 13.7. The molecule has 1 atom stereocenters. The quantitative estimate of drug-likeness (QED) is 0.922. The Hall–Kier alpha value is -2.08. The number of aromatic hydroxyl groups is 1. The first-order valence-electron chi connectivity index (χ1n) is 6.58. The molecule has 20 heavy (non-hydrogen) atoms. The molecule has 0 amide bonds. The highest BCUT2D eigenvalue weighted by molar-refractivity contribution is 5.59. The molecule has 0 spiro atoms. The van der Waals surface area contributed by atoms with Gasteiger partial charge >= 0.3 is 0 Å². The van der Waals surface area contributed by atoms with Crippen LogP contribution in [-0.4, -0.2) is 35.1 Å². The molecule has 0 radical (unpaired) electrons. The number of benzene rings is 1. The third-order valence-corrected chi connectivity index (χ3v) is 3.33. The first-order chi connectivity index (χ1) is 9.76. The summed E-state index contributed by atoms with van der Waals surface area (Å²) in [5.74, 6) is 1.47. The molecule has 0 bridgehead atoms. The lowest BCUT2D eigenvalue weighted by Crippen LogP contribution is -2.09. The van der Waals surface area contributed by atoms with E-state index in [0.717, 1.165) is 19.4 Å². The van der Waals surface area contributed by atoms with E-state index in [9.17, 15) is 5.11 Å². The van der Waals surface area contributed by atoms with E-state index in [-0.39, 0.29) is 11.9 Å². The molecule has 2 heterocycles. The van der Waals surface area contributed by atoms with Crippen molar-refractivity contribution in [3.8, 4) is 23.0 Å². The van der Waals surface area contributed by atoms with Crippen LogP contribution in [-0.2, 0) is 11.2 Å². The average Bonchev–Trinajstić information content (AvgIpc) is 3.11. The molecule has 6 nitrogen and oxygen atoms in total. The minimum absolute atomic E-state index is 0.0453. The van der Waals surface area contributed by atoms with E-state index in [1.807, 2.05) is 0 Å². The molecule has 3 rings (SSSR count). The van der Waals surface area contributed by atoms with Crippen LogP contribution < -0.4 is 4.74 Å². The van der Waals surface area contributed by atoms with E-state index in [4.69, 9.17) is 14.0 Å². The molecule has 1 aliphatic rings. The molecule has 1 aromatic carbocycles. The van der Waals surface area contributed by atoms with Crippen LogP contribution in [0.1, 0.15) is 18.7 Å². The summed E-state index contributed by atoms with van der Waals surface area (Å²) in [7, 11) is 1.50. The van der Waals surface area contributed by atoms with Crippen LogP contribution in [0.15, 0.2) is 22.7 Å². The Balaban J connectivity index is 1.77. The summed E-state index contributed by atoms with van der Waals surface area (Å²) in [4.78, 5) is 4.33. The van der Waals surface area contributed by atoms with E-state index in [1.165, 1.54) is 7.11 Å². The highest BCUT2D eigenvalue weighted by Crippen LogP contribution is 2.30. The normalized spacial score (nSPS) is 18.4. The maximum absolute atomic E-state index is 9.75. The maximum Gasteiger partial charge on any atom is 0.258 e. The SMILES string of the molecule is COc1ccc(-c2nc(CC3CCCO3)no2)cc1O. The van der Waals surface area contributed by atoms with Gasteiger partial charge in [-0.3, -0.25) is 0 Å². The van der Waals surface area contributed by atoms with Gasteiger partial charge in [0.15, 0.2) is 17.3 Å². The molecule has 1 N–H and O–H groups in total. The highest BCUT2D eigenvalue weighted by atomic mass is 16.5. The molecule has 0 saturated carbocycles. The summed E-state index contributed by atoms with van der Waals surface area (Å²) in [6.07, 6.45) is 2.96. The second-order valence-corrected chi connectivity index (χ2v) is 4.74. The Bertz CT molecular complexity index is 591. The van der Waals surface area contributed by atoms with Crippen LogP contribution in [0.2, 0.25) is 0 Å². The Morgan fingerprint density at radius 2 is 2.35 bits per heavy atom. The predicted octanol–water partition coefficient (Wildman–Crippen LogP) is 2.17. The number of aromatic nitrogens is 2. The van der Waals surface area contributed by atoms with Crippen LogP contribution in [0.3, 0.4) is 0 Å². The third-order valence-electron chi connectivity index (χ3n) is 3.33. The maximum atomic E-state index is 9.75. The standard InChI is InChI=1S/C14H16N2O4/c1-18-12-5-4-9(7-11(12)17)14-15-13(16-20-14)8-10-3-2-6-19-10/h4-5,7,10,17H,2-3,6,8H2,1H3. The van der Waals surface area contributed by atoms with E-state index in [2.05, 4.69) is 10.1 Å². The van der Waals surface area contributed by atoms with Gasteiger partial charge in [0.05, 0.1) is 13.2 Å². The van der Waals surface area contributed by atoms with E-state index >= 15 is 0 Å². The minimum Gasteiger partial charge on any atom is -0.504 e. The fourth-order valence-corrected chi connectivity index (χ4v) is 2.29. The highest BCUT2D eigenvalue weighted by Gasteiger charge is 2.19. The Morgan fingerprint density at radius 1 is 1.45 bits per heavy atom. The van der Waals surface area contributed by atoms with Crippen molar-refractivity contribution in [1.29, 1.82) is 0 Å². The van der Waals surface area contributed by atoms with Crippen molar-refractivity contribution >= 4 is 0 Å². The Kier molecular flexibility index (Phi) is 3.56. The molecule has 1 unspecified atom stereocenters. The molecule has 106 valence electrons. The van der Waals surface area contributed by atoms with Gasteiger partial charge in [-0.25, -0.2) is 0 Å². The molecule has 1 aliphatic heterocycles. The summed E-state index contributed by atoms with van der Waals surface area (Å²) < 4.78 is 15.8. The number of methoxy groups -OCH3 is 1. The van der Waals surface area contributed by atoms with Crippen LogP contribution in [0, 0.1) is 0 Å². The van der Waals surface area contributed by atoms with E-state index in [1.54, 1.807) is 18.2 Å². The number of nitrogens with zero attached hydrogens (tertiary/aromatic N) is 2. The van der Waals surface area contributed by atoms with Crippen LogP contribution in [0.4, 0.5) is 0 Å². The summed E-state index contributed by atoms with van der Waals surface area (Å²) in [6, 6.07) is 4.97. The number of hydrogen-bond donors (Lipinski definition) is 1. The van der Waals surface area contributed by atoms with Crippen molar-refractivity contribution < 1.29 is 19.1 Å². The van der Waals surface area contributed by atoms with E-state index in [0.29, 0.717) is 29.4 Å². The zero-order valence-corrected chi connectivity index (χ0v) is 11.2. The molecule has 2 aromatic rings. The van der Waals surface area contributed by atoms with Gasteiger partial charge in [-0.2, -0.15) is 4.98 Å². The van der Waals surface area contributed by atoms with Gasteiger partial charge < -0.3 is 19.1 Å². The van der Waals surface area contributed by atoms with Crippen molar-refractivity contribution in [2.75, 3.05) is 13.7 Å². The lowest BCUT2D eigenvalue weighted by atomic mass is 10.2. The van der Waals surface area contributed by atoms with Crippen molar-refractivity contribution in [3.05, 3.63) is 24.0 Å². The first-order valence-corrected chi connectivity index (χ1v) is 6.58. The van der Waals surface area contributed by atoms with Gasteiger partial charge in [0.25, 0.3) is 5.89 Å². The van der Waals surface area contributed by atoms with Crippen molar-refractivity contribution in [3.63, 3.8) is 0 Å². The molecule has 1 saturated heterocycles. The molecular formula is C14H16N2O4. The largest absolute Gasteiger partial charge is 0.504 e. The minimum atomic E-state index is 0.0453. The molecule has 6 heteroatoms. The fraction of sp³-hybridized carbons (Fsp3) is 0.429. The monoisotopic (exact) mass is 276 g/mol. The zero-order valence-electron chi connectivity index (χ0n) is 11.2. The van der Waals surface area contributed by atoms with Gasteiger partial charge in [-0.1, -0.05) is 5.16 Å². The summed E-state index contributed by atoms with van der Waals surface area (Å²) in [5.41, 5.74) is 0.661. The third kappa shape index (κ3) is 2.60. The Labute approximate surface area is 116 Å². The van der Waals surface area contributed by atoms with Gasteiger partial charge in [-0.05, 0) is 31.0 Å². The van der Waals surface area contributed by atoms with Crippen molar-refractivity contribution in [1.82, 2.24) is 10.1 Å². The topological polar surface area (TPSA) is 77.6 Å². The van der Waals surface area contributed by atoms with Gasteiger partial charge in [0.2, 0.25) is 0 Å². The number of hydrogen-bond acceptors (Lipinski definition) is 6. The zero-order chi connectivity index (χ0) is 13.9. The first kappa shape index (κ1) is 12.9. The predicted molar refractivity (Wildman–Crippen MR) is 70.6 cm³/mol. The van der Waals surface area contributed by atoms with Gasteiger partial charge in [0, 0.05) is 18.6 Å². The lowest BCUT2D eigenvalue weighted by Gasteiger charge is -2.04. The molecule has 1 aromatic heterocycles. The Morgan fingerprint density at radius 3 is 3.05 bits per heavy atom. The van der Waals surface area contributed by atoms with Crippen molar-refractivity contribution in [2.24, 2.45) is 0 Å². The fourth-order valence-electron chi connectivity index (χ4n) is 2.29. The summed E-state index contributed by atoms with van der Waals surface area (Å²) in [6.45, 7) is 0.807. The molecule has 1 fully saturated rings. The number of phenols is 1. The van der Waals surface area contributed by atoms with Gasteiger partial charge in [-0.15, -0.1) is 0 Å². The molecular weight excluding hydrogens is 260 g/mol. The second kappa shape index (κ2) is 5.50. The van der Waals surface area contributed by atoms with Crippen LogP contribution in [0.5, 0.6) is 11.5 Å². The second-order valence-electron chi connectivity index (χ2n) is 4.74. The van der Waals surface area contributed by atoms with Crippen LogP contribution >= 0.6 is 0 Å². The van der Waals surface area contributed by atoms with Crippen molar-refractivity contribution in [2.45, 2.75) is 25.4 Å². The van der Waals surface area contributed by atoms with Gasteiger partial charge in [0.1, 0.15) is 0 Å².